The fourth-order valence-corrected chi connectivity index (χ4v) is 1.76. The molecule has 2 heterocycles. The second-order valence-electron chi connectivity index (χ2n) is 3.49. The molecule has 0 aromatic carbocycles. The lowest BCUT2D eigenvalue weighted by Gasteiger charge is -2.34. The van der Waals surface area contributed by atoms with Crippen molar-refractivity contribution >= 4 is 5.82 Å². The van der Waals surface area contributed by atoms with E-state index in [2.05, 4.69) is 26.7 Å². The Kier molecular flexibility index (Phi) is 2.93. The average Bonchev–Trinajstić information content (AvgIpc) is 2.30. The standard InChI is InChI=1S/C10H16N4/c1-2-13-5-7-14(8-6-13)10-3-4-11-9-12-10/h3-4,9H,2,5-8H2,1H3. The topological polar surface area (TPSA) is 32.3 Å². The van der Waals surface area contributed by atoms with Crippen molar-refractivity contribution in [3.05, 3.63) is 18.6 Å². The molecule has 0 atom stereocenters. The number of nitrogens with zero attached hydrogens (tertiary/aromatic N) is 4. The molecule has 0 unspecified atom stereocenters. The zero-order valence-corrected chi connectivity index (χ0v) is 8.56. The molecule has 1 fully saturated rings. The Bertz CT molecular complexity index is 267. The van der Waals surface area contributed by atoms with Crippen LogP contribution in [0.2, 0.25) is 0 Å². The van der Waals surface area contributed by atoms with Gasteiger partial charge >= 0.3 is 0 Å². The molecule has 1 aliphatic rings. The van der Waals surface area contributed by atoms with Crippen LogP contribution >= 0.6 is 0 Å². The van der Waals surface area contributed by atoms with Crippen molar-refractivity contribution in [1.82, 2.24) is 14.9 Å². The molecule has 14 heavy (non-hydrogen) atoms. The van der Waals surface area contributed by atoms with Crippen molar-refractivity contribution < 1.29 is 0 Å². The minimum absolute atomic E-state index is 1.05. The summed E-state index contributed by atoms with van der Waals surface area (Å²) in [6.45, 7) is 7.79. The Morgan fingerprint density at radius 1 is 1.29 bits per heavy atom. The van der Waals surface area contributed by atoms with Crippen LogP contribution in [0, 0.1) is 0 Å². The third kappa shape index (κ3) is 2.01. The number of hydrogen-bond acceptors (Lipinski definition) is 4. The molecule has 0 N–H and O–H groups in total. The maximum absolute atomic E-state index is 4.25. The second-order valence-corrected chi connectivity index (χ2v) is 3.49. The summed E-state index contributed by atoms with van der Waals surface area (Å²) in [4.78, 5) is 12.9. The van der Waals surface area contributed by atoms with Gasteiger partial charge in [-0.05, 0) is 12.6 Å². The van der Waals surface area contributed by atoms with Gasteiger partial charge in [0.2, 0.25) is 0 Å². The summed E-state index contributed by atoms with van der Waals surface area (Å²) in [6.07, 6.45) is 3.41. The smallest absolute Gasteiger partial charge is 0.131 e. The average molecular weight is 192 g/mol. The molecule has 0 amide bonds. The van der Waals surface area contributed by atoms with E-state index in [1.165, 1.54) is 0 Å². The first-order valence-corrected chi connectivity index (χ1v) is 5.13. The van der Waals surface area contributed by atoms with Crippen LogP contribution in [0.15, 0.2) is 18.6 Å². The number of likely N-dealkylation sites (N-methyl/N-ethyl adjacent to an activating group) is 1. The number of aromatic nitrogens is 2. The molecule has 1 aromatic rings. The van der Waals surface area contributed by atoms with E-state index in [1.807, 2.05) is 6.07 Å². The van der Waals surface area contributed by atoms with Crippen molar-refractivity contribution in [3.8, 4) is 0 Å². The van der Waals surface area contributed by atoms with Crippen LogP contribution in [0.3, 0.4) is 0 Å². The van der Waals surface area contributed by atoms with E-state index in [4.69, 9.17) is 0 Å². The first kappa shape index (κ1) is 9.40. The Balaban J connectivity index is 1.96. The molecule has 2 rings (SSSR count). The summed E-state index contributed by atoms with van der Waals surface area (Å²) < 4.78 is 0. The first-order valence-electron chi connectivity index (χ1n) is 5.13. The van der Waals surface area contributed by atoms with Crippen LogP contribution in [-0.4, -0.2) is 47.6 Å². The van der Waals surface area contributed by atoms with Crippen LogP contribution in [-0.2, 0) is 0 Å². The lowest BCUT2D eigenvalue weighted by atomic mass is 10.3. The molecule has 0 bridgehead atoms. The molecule has 0 spiro atoms. The van der Waals surface area contributed by atoms with Gasteiger partial charge in [-0.1, -0.05) is 6.92 Å². The van der Waals surface area contributed by atoms with Crippen LogP contribution in [0.5, 0.6) is 0 Å². The summed E-state index contributed by atoms with van der Waals surface area (Å²) in [5.41, 5.74) is 0. The van der Waals surface area contributed by atoms with E-state index in [0.29, 0.717) is 0 Å². The van der Waals surface area contributed by atoms with Gasteiger partial charge in [-0.25, -0.2) is 9.97 Å². The van der Waals surface area contributed by atoms with Gasteiger partial charge in [-0.15, -0.1) is 0 Å². The Labute approximate surface area is 84.6 Å². The van der Waals surface area contributed by atoms with Crippen molar-refractivity contribution in [1.29, 1.82) is 0 Å². The normalized spacial score (nSPS) is 18.5. The van der Waals surface area contributed by atoms with Crippen LogP contribution in [0.4, 0.5) is 5.82 Å². The summed E-state index contributed by atoms with van der Waals surface area (Å²) in [5.74, 6) is 1.05. The van der Waals surface area contributed by atoms with E-state index < -0.39 is 0 Å². The molecule has 76 valence electrons. The van der Waals surface area contributed by atoms with Gasteiger partial charge in [0.15, 0.2) is 0 Å². The molecule has 0 saturated carbocycles. The zero-order valence-electron chi connectivity index (χ0n) is 8.56. The van der Waals surface area contributed by atoms with E-state index in [0.717, 1.165) is 38.5 Å². The lowest BCUT2D eigenvalue weighted by Crippen LogP contribution is -2.46. The minimum Gasteiger partial charge on any atom is -0.354 e. The zero-order chi connectivity index (χ0) is 9.80. The molecular formula is C10H16N4. The summed E-state index contributed by atoms with van der Waals surface area (Å²) in [6, 6.07) is 1.97. The highest BCUT2D eigenvalue weighted by Crippen LogP contribution is 2.11. The highest BCUT2D eigenvalue weighted by Gasteiger charge is 2.15. The lowest BCUT2D eigenvalue weighted by molar-refractivity contribution is 0.270. The SMILES string of the molecule is CCN1CCN(c2ccncn2)CC1. The molecule has 1 aromatic heterocycles. The number of rotatable bonds is 2. The van der Waals surface area contributed by atoms with Crippen molar-refractivity contribution in [2.24, 2.45) is 0 Å². The largest absolute Gasteiger partial charge is 0.354 e. The van der Waals surface area contributed by atoms with Gasteiger partial charge in [0.25, 0.3) is 0 Å². The third-order valence-corrected chi connectivity index (χ3v) is 2.71. The third-order valence-electron chi connectivity index (χ3n) is 2.71. The monoisotopic (exact) mass is 192 g/mol. The molecule has 0 aliphatic carbocycles. The van der Waals surface area contributed by atoms with Gasteiger partial charge in [0, 0.05) is 32.4 Å². The highest BCUT2D eigenvalue weighted by atomic mass is 15.3. The van der Waals surface area contributed by atoms with Crippen molar-refractivity contribution in [2.75, 3.05) is 37.6 Å². The Hall–Kier alpha value is -1.16. The molecule has 4 nitrogen and oxygen atoms in total. The van der Waals surface area contributed by atoms with E-state index in [1.54, 1.807) is 12.5 Å². The van der Waals surface area contributed by atoms with Gasteiger partial charge in [-0.2, -0.15) is 0 Å². The second kappa shape index (κ2) is 4.37. The molecule has 1 aliphatic heterocycles. The van der Waals surface area contributed by atoms with Gasteiger partial charge in [-0.3, -0.25) is 0 Å². The van der Waals surface area contributed by atoms with E-state index in [-0.39, 0.29) is 0 Å². The number of hydrogen-bond donors (Lipinski definition) is 0. The quantitative estimate of drug-likeness (QED) is 0.687. The van der Waals surface area contributed by atoms with Crippen molar-refractivity contribution in [2.45, 2.75) is 6.92 Å². The van der Waals surface area contributed by atoms with E-state index in [9.17, 15) is 0 Å². The van der Waals surface area contributed by atoms with Crippen LogP contribution < -0.4 is 4.90 Å². The van der Waals surface area contributed by atoms with Crippen LogP contribution in [0.25, 0.3) is 0 Å². The summed E-state index contributed by atoms with van der Waals surface area (Å²) in [5, 5.41) is 0. The van der Waals surface area contributed by atoms with Gasteiger partial charge in [0.1, 0.15) is 12.1 Å². The highest BCUT2D eigenvalue weighted by molar-refractivity contribution is 5.36. The maximum atomic E-state index is 4.25. The van der Waals surface area contributed by atoms with Gasteiger partial charge in [0.05, 0.1) is 0 Å². The summed E-state index contributed by atoms with van der Waals surface area (Å²) in [7, 11) is 0. The Morgan fingerprint density at radius 2 is 2.07 bits per heavy atom. The first-order chi connectivity index (χ1) is 6.90. The Morgan fingerprint density at radius 3 is 2.64 bits per heavy atom. The fourth-order valence-electron chi connectivity index (χ4n) is 1.76. The molecular weight excluding hydrogens is 176 g/mol. The van der Waals surface area contributed by atoms with E-state index >= 15 is 0 Å². The minimum atomic E-state index is 1.05. The predicted molar refractivity (Wildman–Crippen MR) is 56.4 cm³/mol. The molecule has 1 saturated heterocycles. The number of piperazine rings is 1. The maximum Gasteiger partial charge on any atom is 0.131 e. The summed E-state index contributed by atoms with van der Waals surface area (Å²) >= 11 is 0. The number of anilines is 1. The predicted octanol–water partition coefficient (Wildman–Crippen LogP) is 0.618. The van der Waals surface area contributed by atoms with Crippen LogP contribution in [0.1, 0.15) is 6.92 Å². The fraction of sp³-hybridized carbons (Fsp3) is 0.600. The molecule has 4 heteroatoms. The van der Waals surface area contributed by atoms with Crippen molar-refractivity contribution in [3.63, 3.8) is 0 Å². The van der Waals surface area contributed by atoms with Gasteiger partial charge < -0.3 is 9.80 Å². The molecule has 0 radical (unpaired) electrons.